The van der Waals surface area contributed by atoms with E-state index < -0.39 is 0 Å². The minimum absolute atomic E-state index is 0.521. The molecule has 1 aliphatic rings. The van der Waals surface area contributed by atoms with Crippen LogP contribution in [0.15, 0.2) is 42.6 Å². The Balaban J connectivity index is 1.92. The van der Waals surface area contributed by atoms with Crippen molar-refractivity contribution in [1.82, 2.24) is 10.2 Å². The molecule has 1 aliphatic carbocycles. The molecule has 0 aliphatic heterocycles. The number of anilines is 1. The van der Waals surface area contributed by atoms with Gasteiger partial charge in [-0.1, -0.05) is 30.4 Å². The van der Waals surface area contributed by atoms with Crippen LogP contribution in [0.2, 0.25) is 0 Å². The Hall–Kier alpha value is -1.90. The predicted octanol–water partition coefficient (Wildman–Crippen LogP) is 3.15. The topological polar surface area (TPSA) is 37.8 Å². The van der Waals surface area contributed by atoms with Gasteiger partial charge >= 0.3 is 0 Å². The van der Waals surface area contributed by atoms with Gasteiger partial charge in [0.1, 0.15) is 0 Å². The van der Waals surface area contributed by atoms with Crippen molar-refractivity contribution in [2.75, 3.05) is 5.32 Å². The normalized spacial score (nSPS) is 19.4. The maximum absolute atomic E-state index is 4.13. The summed E-state index contributed by atoms with van der Waals surface area (Å²) in [6.07, 6.45) is 9.76. The van der Waals surface area contributed by atoms with E-state index in [9.17, 15) is 0 Å². The molecule has 1 atom stereocenters. The largest absolute Gasteiger partial charge is 0.380 e. The Morgan fingerprint density at radius 3 is 3.00 bits per heavy atom. The SMILES string of the molecule is C1=CCC(Nc2cnnc3ccccc23)CC1. The zero-order valence-corrected chi connectivity index (χ0v) is 9.63. The van der Waals surface area contributed by atoms with Crippen LogP contribution in [-0.2, 0) is 0 Å². The zero-order valence-electron chi connectivity index (χ0n) is 9.63. The second kappa shape index (κ2) is 4.53. The molecular weight excluding hydrogens is 210 g/mol. The highest BCUT2D eigenvalue weighted by Crippen LogP contribution is 2.23. The van der Waals surface area contributed by atoms with Gasteiger partial charge in [-0.05, 0) is 25.3 Å². The summed E-state index contributed by atoms with van der Waals surface area (Å²) in [4.78, 5) is 0. The summed E-state index contributed by atoms with van der Waals surface area (Å²) in [5.74, 6) is 0. The van der Waals surface area contributed by atoms with Crippen molar-refractivity contribution in [3.05, 3.63) is 42.6 Å². The summed E-state index contributed by atoms with van der Waals surface area (Å²) in [6.45, 7) is 0. The average molecular weight is 225 g/mol. The number of hydrogen-bond donors (Lipinski definition) is 1. The van der Waals surface area contributed by atoms with Crippen LogP contribution < -0.4 is 5.32 Å². The van der Waals surface area contributed by atoms with Crippen molar-refractivity contribution >= 4 is 16.6 Å². The standard InChI is InChI=1S/C14H15N3/c1-2-6-11(7-3-1)16-14-10-15-17-13-9-5-4-8-12(13)14/h1-2,4-5,8-11H,3,6-7H2,(H,16,17). The van der Waals surface area contributed by atoms with Gasteiger partial charge in [-0.3, -0.25) is 0 Å². The number of benzene rings is 1. The van der Waals surface area contributed by atoms with Crippen LogP contribution in [0.5, 0.6) is 0 Å². The smallest absolute Gasteiger partial charge is 0.0950 e. The highest BCUT2D eigenvalue weighted by Gasteiger charge is 2.11. The fourth-order valence-electron chi connectivity index (χ4n) is 2.27. The summed E-state index contributed by atoms with van der Waals surface area (Å²) >= 11 is 0. The zero-order chi connectivity index (χ0) is 11.5. The summed E-state index contributed by atoms with van der Waals surface area (Å²) in [5, 5.41) is 12.9. The van der Waals surface area contributed by atoms with E-state index in [2.05, 4.69) is 33.7 Å². The summed E-state index contributed by atoms with van der Waals surface area (Å²) in [7, 11) is 0. The molecule has 1 N–H and O–H groups in total. The molecule has 0 spiro atoms. The fraction of sp³-hybridized carbons (Fsp3) is 0.286. The third-order valence-electron chi connectivity index (χ3n) is 3.18. The number of rotatable bonds is 2. The summed E-state index contributed by atoms with van der Waals surface area (Å²) in [5.41, 5.74) is 2.04. The molecule has 1 heterocycles. The van der Waals surface area contributed by atoms with Gasteiger partial charge in [0.25, 0.3) is 0 Å². The lowest BCUT2D eigenvalue weighted by atomic mass is 10.0. The first-order chi connectivity index (χ1) is 8.43. The van der Waals surface area contributed by atoms with Crippen LogP contribution in [0.25, 0.3) is 10.9 Å². The molecule has 2 aromatic rings. The van der Waals surface area contributed by atoms with Gasteiger partial charge in [0.15, 0.2) is 0 Å². The van der Waals surface area contributed by atoms with E-state index in [1.165, 1.54) is 6.42 Å². The van der Waals surface area contributed by atoms with E-state index in [0.29, 0.717) is 6.04 Å². The predicted molar refractivity (Wildman–Crippen MR) is 69.9 cm³/mol. The summed E-state index contributed by atoms with van der Waals surface area (Å²) < 4.78 is 0. The van der Waals surface area contributed by atoms with Crippen LogP contribution >= 0.6 is 0 Å². The van der Waals surface area contributed by atoms with Crippen molar-refractivity contribution in [3.8, 4) is 0 Å². The molecule has 3 rings (SSSR count). The second-order valence-electron chi connectivity index (χ2n) is 4.40. The number of fused-ring (bicyclic) bond motifs is 1. The number of nitrogens with zero attached hydrogens (tertiary/aromatic N) is 2. The number of allylic oxidation sites excluding steroid dienone is 1. The molecular formula is C14H15N3. The van der Waals surface area contributed by atoms with Crippen molar-refractivity contribution in [3.63, 3.8) is 0 Å². The van der Waals surface area contributed by atoms with Gasteiger partial charge in [-0.2, -0.15) is 10.2 Å². The van der Waals surface area contributed by atoms with Gasteiger partial charge in [-0.25, -0.2) is 0 Å². The first-order valence-electron chi connectivity index (χ1n) is 6.05. The Labute approximate surface area is 101 Å². The number of hydrogen-bond acceptors (Lipinski definition) is 3. The van der Waals surface area contributed by atoms with Crippen molar-refractivity contribution in [2.45, 2.75) is 25.3 Å². The minimum Gasteiger partial charge on any atom is -0.380 e. The molecule has 3 nitrogen and oxygen atoms in total. The molecule has 0 saturated heterocycles. The Kier molecular flexibility index (Phi) is 2.74. The first kappa shape index (κ1) is 10.3. The molecule has 17 heavy (non-hydrogen) atoms. The van der Waals surface area contributed by atoms with E-state index in [4.69, 9.17) is 0 Å². The lowest BCUT2D eigenvalue weighted by Gasteiger charge is -2.21. The Morgan fingerprint density at radius 1 is 1.18 bits per heavy atom. The third kappa shape index (κ3) is 2.13. The second-order valence-corrected chi connectivity index (χ2v) is 4.40. The molecule has 0 bridgehead atoms. The highest BCUT2D eigenvalue weighted by molar-refractivity contribution is 5.90. The van der Waals surface area contributed by atoms with Crippen molar-refractivity contribution in [2.24, 2.45) is 0 Å². The van der Waals surface area contributed by atoms with E-state index in [-0.39, 0.29) is 0 Å². The maximum atomic E-state index is 4.13. The number of aromatic nitrogens is 2. The molecule has 0 amide bonds. The van der Waals surface area contributed by atoms with Crippen LogP contribution in [-0.4, -0.2) is 16.2 Å². The summed E-state index contributed by atoms with van der Waals surface area (Å²) in [6, 6.07) is 8.63. The molecule has 0 saturated carbocycles. The monoisotopic (exact) mass is 225 g/mol. The van der Waals surface area contributed by atoms with Gasteiger partial charge < -0.3 is 5.32 Å². The number of nitrogens with one attached hydrogen (secondary N) is 1. The van der Waals surface area contributed by atoms with Crippen LogP contribution in [0.4, 0.5) is 5.69 Å². The lowest BCUT2D eigenvalue weighted by Crippen LogP contribution is -2.20. The van der Waals surface area contributed by atoms with Gasteiger partial charge in [-0.15, -0.1) is 0 Å². The Morgan fingerprint density at radius 2 is 2.12 bits per heavy atom. The maximum Gasteiger partial charge on any atom is 0.0950 e. The molecule has 0 fully saturated rings. The van der Waals surface area contributed by atoms with Crippen LogP contribution in [0, 0.1) is 0 Å². The van der Waals surface area contributed by atoms with E-state index in [0.717, 1.165) is 29.4 Å². The van der Waals surface area contributed by atoms with E-state index >= 15 is 0 Å². The molecule has 1 aromatic heterocycles. The highest BCUT2D eigenvalue weighted by atomic mass is 15.1. The minimum atomic E-state index is 0.521. The van der Waals surface area contributed by atoms with Gasteiger partial charge in [0.2, 0.25) is 0 Å². The fourth-order valence-corrected chi connectivity index (χ4v) is 2.27. The molecule has 86 valence electrons. The third-order valence-corrected chi connectivity index (χ3v) is 3.18. The van der Waals surface area contributed by atoms with Gasteiger partial charge in [0.05, 0.1) is 17.4 Å². The lowest BCUT2D eigenvalue weighted by molar-refractivity contribution is 0.645. The first-order valence-corrected chi connectivity index (χ1v) is 6.05. The van der Waals surface area contributed by atoms with E-state index in [1.807, 2.05) is 24.4 Å². The van der Waals surface area contributed by atoms with Gasteiger partial charge in [0, 0.05) is 11.4 Å². The van der Waals surface area contributed by atoms with Crippen LogP contribution in [0.1, 0.15) is 19.3 Å². The van der Waals surface area contributed by atoms with E-state index in [1.54, 1.807) is 0 Å². The molecule has 0 radical (unpaired) electrons. The average Bonchev–Trinajstić information content (AvgIpc) is 2.40. The molecule has 3 heteroatoms. The quantitative estimate of drug-likeness (QED) is 0.798. The van der Waals surface area contributed by atoms with Crippen molar-refractivity contribution < 1.29 is 0 Å². The van der Waals surface area contributed by atoms with Crippen molar-refractivity contribution in [1.29, 1.82) is 0 Å². The molecule has 1 unspecified atom stereocenters. The molecule has 1 aromatic carbocycles. The van der Waals surface area contributed by atoms with Crippen LogP contribution in [0.3, 0.4) is 0 Å². The Bertz CT molecular complexity index is 543.